The zero-order valence-electron chi connectivity index (χ0n) is 13.1. The summed E-state index contributed by atoms with van der Waals surface area (Å²) < 4.78 is 0. The molecule has 4 aromatic rings. The van der Waals surface area contributed by atoms with Crippen molar-refractivity contribution in [3.8, 4) is 22.8 Å². The third-order valence-electron chi connectivity index (χ3n) is 3.07. The van der Waals surface area contributed by atoms with Gasteiger partial charge >= 0.3 is 0 Å². The van der Waals surface area contributed by atoms with Crippen molar-refractivity contribution in [3.05, 3.63) is 84.9 Å². The van der Waals surface area contributed by atoms with Crippen molar-refractivity contribution in [2.75, 3.05) is 0 Å². The van der Waals surface area contributed by atoms with Crippen LogP contribution in [0.25, 0.3) is 22.8 Å². The van der Waals surface area contributed by atoms with Gasteiger partial charge in [-0.15, -0.1) is 0 Å². The Morgan fingerprint density at radius 3 is 1.28 bits per heavy atom. The number of benzene rings is 2. The number of hydrogen-bond donors (Lipinski definition) is 0. The molecular formula is C18H13ClN6. The molecule has 0 aliphatic rings. The maximum atomic E-state index is 5.99. The Hall–Kier alpha value is -3.25. The second kappa shape index (κ2) is 8.56. The van der Waals surface area contributed by atoms with Crippen LogP contribution in [0.3, 0.4) is 0 Å². The van der Waals surface area contributed by atoms with Crippen molar-refractivity contribution in [3.63, 3.8) is 0 Å². The van der Waals surface area contributed by atoms with Gasteiger partial charge in [-0.3, -0.25) is 0 Å². The quantitative estimate of drug-likeness (QED) is 0.549. The monoisotopic (exact) mass is 348 g/mol. The topological polar surface area (TPSA) is 77.3 Å². The van der Waals surface area contributed by atoms with Crippen molar-refractivity contribution in [1.29, 1.82) is 0 Å². The highest BCUT2D eigenvalue weighted by molar-refractivity contribution is 6.28. The third-order valence-corrected chi connectivity index (χ3v) is 3.24. The van der Waals surface area contributed by atoms with Crippen LogP contribution in [-0.4, -0.2) is 29.9 Å². The Bertz CT molecular complexity index is 820. The first-order valence-electron chi connectivity index (χ1n) is 7.40. The number of nitrogens with zero attached hydrogens (tertiary/aromatic N) is 6. The molecule has 0 amide bonds. The van der Waals surface area contributed by atoms with E-state index in [4.69, 9.17) is 11.6 Å². The number of aromatic nitrogens is 6. The van der Waals surface area contributed by atoms with E-state index >= 15 is 0 Å². The molecule has 25 heavy (non-hydrogen) atoms. The van der Waals surface area contributed by atoms with Crippen LogP contribution in [0, 0.1) is 0 Å². The summed E-state index contributed by atoms with van der Waals surface area (Å²) in [5.74, 6) is 1.17. The molecule has 6 nitrogen and oxygen atoms in total. The van der Waals surface area contributed by atoms with E-state index in [1.807, 2.05) is 60.7 Å². The normalized spacial score (nSPS) is 9.80. The summed E-state index contributed by atoms with van der Waals surface area (Å²) in [5, 5.41) is 0.202. The van der Waals surface area contributed by atoms with E-state index in [-0.39, 0.29) is 5.28 Å². The summed E-state index contributed by atoms with van der Waals surface area (Å²) in [7, 11) is 0. The standard InChI is InChI=1S/C15H10ClN3.C3H3N3/c16-15-18-13(11-7-3-1-4-8-11)17-14(19-15)12-9-5-2-6-10-12;1-4-2-6-3-5-1/h1-10H;1-3H. The first-order chi connectivity index (χ1) is 12.3. The molecule has 4 rings (SSSR count). The molecule has 2 heterocycles. The van der Waals surface area contributed by atoms with Crippen LogP contribution >= 0.6 is 11.6 Å². The van der Waals surface area contributed by atoms with Crippen LogP contribution in [0.2, 0.25) is 5.28 Å². The Balaban J connectivity index is 0.000000258. The van der Waals surface area contributed by atoms with Crippen molar-refractivity contribution in [2.45, 2.75) is 0 Å². The molecule has 0 radical (unpaired) electrons. The molecule has 2 aromatic heterocycles. The molecule has 0 spiro atoms. The molecule has 0 fully saturated rings. The van der Waals surface area contributed by atoms with Crippen molar-refractivity contribution >= 4 is 11.6 Å². The summed E-state index contributed by atoms with van der Waals surface area (Å²) in [5.41, 5.74) is 1.84. The van der Waals surface area contributed by atoms with Gasteiger partial charge in [0.05, 0.1) is 0 Å². The van der Waals surface area contributed by atoms with E-state index in [9.17, 15) is 0 Å². The predicted molar refractivity (Wildman–Crippen MR) is 95.5 cm³/mol. The van der Waals surface area contributed by atoms with Gasteiger partial charge in [-0.25, -0.2) is 19.9 Å². The maximum absolute atomic E-state index is 5.99. The SMILES string of the molecule is Clc1nc(-c2ccccc2)nc(-c2ccccc2)n1.c1ncncn1. The fraction of sp³-hybridized carbons (Fsp3) is 0. The van der Waals surface area contributed by atoms with E-state index in [2.05, 4.69) is 29.9 Å². The lowest BCUT2D eigenvalue weighted by Crippen LogP contribution is -1.96. The van der Waals surface area contributed by atoms with Gasteiger partial charge in [0.2, 0.25) is 5.28 Å². The number of halogens is 1. The molecule has 122 valence electrons. The second-order valence-electron chi connectivity index (χ2n) is 4.78. The van der Waals surface area contributed by atoms with Gasteiger partial charge in [-0.05, 0) is 11.6 Å². The van der Waals surface area contributed by atoms with E-state index in [1.165, 1.54) is 19.0 Å². The third kappa shape index (κ3) is 4.86. The Kier molecular flexibility index (Phi) is 5.68. The Labute approximate surface area is 149 Å². The minimum atomic E-state index is 0.202. The van der Waals surface area contributed by atoms with Crippen LogP contribution in [0.15, 0.2) is 79.6 Å². The minimum absolute atomic E-state index is 0.202. The summed E-state index contributed by atoms with van der Waals surface area (Å²) >= 11 is 5.99. The van der Waals surface area contributed by atoms with Crippen molar-refractivity contribution in [2.24, 2.45) is 0 Å². The average Bonchev–Trinajstić information content (AvgIpc) is 2.71. The molecule has 0 unspecified atom stereocenters. The molecule has 0 bridgehead atoms. The summed E-state index contributed by atoms with van der Waals surface area (Å²) in [6, 6.07) is 19.4. The molecule has 2 aromatic carbocycles. The molecule has 0 N–H and O–H groups in total. The van der Waals surface area contributed by atoms with Crippen molar-refractivity contribution < 1.29 is 0 Å². The van der Waals surface area contributed by atoms with Crippen LogP contribution in [0.1, 0.15) is 0 Å². The van der Waals surface area contributed by atoms with E-state index < -0.39 is 0 Å². The van der Waals surface area contributed by atoms with Gasteiger partial charge in [-0.2, -0.15) is 9.97 Å². The molecule has 0 aliphatic carbocycles. The lowest BCUT2D eigenvalue weighted by Gasteiger charge is -2.04. The zero-order chi connectivity index (χ0) is 17.3. The Morgan fingerprint density at radius 1 is 0.520 bits per heavy atom. The van der Waals surface area contributed by atoms with Gasteiger partial charge in [-0.1, -0.05) is 60.7 Å². The average molecular weight is 349 g/mol. The van der Waals surface area contributed by atoms with Gasteiger partial charge in [0.25, 0.3) is 0 Å². The highest BCUT2D eigenvalue weighted by Gasteiger charge is 2.08. The van der Waals surface area contributed by atoms with Crippen LogP contribution in [-0.2, 0) is 0 Å². The zero-order valence-corrected chi connectivity index (χ0v) is 13.8. The van der Waals surface area contributed by atoms with Gasteiger partial charge in [0.15, 0.2) is 11.6 Å². The highest BCUT2D eigenvalue weighted by atomic mass is 35.5. The first-order valence-corrected chi connectivity index (χ1v) is 7.78. The van der Waals surface area contributed by atoms with Gasteiger partial charge < -0.3 is 0 Å². The van der Waals surface area contributed by atoms with Crippen LogP contribution in [0.5, 0.6) is 0 Å². The largest absolute Gasteiger partial charge is 0.226 e. The van der Waals surface area contributed by atoms with E-state index in [1.54, 1.807) is 0 Å². The Morgan fingerprint density at radius 2 is 0.920 bits per heavy atom. The smallest absolute Gasteiger partial charge is 0.225 e. The van der Waals surface area contributed by atoms with Crippen LogP contribution in [0.4, 0.5) is 0 Å². The fourth-order valence-corrected chi connectivity index (χ4v) is 2.15. The lowest BCUT2D eigenvalue weighted by molar-refractivity contribution is 1.05. The van der Waals surface area contributed by atoms with E-state index in [0.29, 0.717) is 11.6 Å². The lowest BCUT2D eigenvalue weighted by atomic mass is 10.2. The minimum Gasteiger partial charge on any atom is -0.225 e. The predicted octanol–water partition coefficient (Wildman–Crippen LogP) is 3.73. The summed E-state index contributed by atoms with van der Waals surface area (Å²) in [6.07, 6.45) is 4.31. The fourth-order valence-electron chi connectivity index (χ4n) is 1.99. The van der Waals surface area contributed by atoms with Gasteiger partial charge in [0, 0.05) is 11.1 Å². The van der Waals surface area contributed by atoms with Crippen molar-refractivity contribution in [1.82, 2.24) is 29.9 Å². The number of hydrogen-bond acceptors (Lipinski definition) is 6. The molecule has 0 saturated heterocycles. The van der Waals surface area contributed by atoms with Gasteiger partial charge in [0.1, 0.15) is 19.0 Å². The summed E-state index contributed by atoms with van der Waals surface area (Å²) in [6.45, 7) is 0. The summed E-state index contributed by atoms with van der Waals surface area (Å²) in [4.78, 5) is 23.5. The number of rotatable bonds is 2. The second-order valence-corrected chi connectivity index (χ2v) is 5.12. The maximum Gasteiger partial charge on any atom is 0.226 e. The molecular weight excluding hydrogens is 336 g/mol. The molecule has 0 saturated carbocycles. The highest BCUT2D eigenvalue weighted by Crippen LogP contribution is 2.21. The molecule has 0 atom stereocenters. The first kappa shape index (κ1) is 16.6. The molecule has 7 heteroatoms. The van der Waals surface area contributed by atoms with E-state index in [0.717, 1.165) is 11.1 Å². The van der Waals surface area contributed by atoms with Crippen LogP contribution < -0.4 is 0 Å². The molecule has 0 aliphatic heterocycles.